The van der Waals surface area contributed by atoms with Crippen LogP contribution in [0.4, 0.5) is 0 Å². The number of carboxylic acid groups (broad SMARTS) is 1. The summed E-state index contributed by atoms with van der Waals surface area (Å²) < 4.78 is 40.6. The smallest absolute Gasteiger partial charge is 0.338 e. The Labute approximate surface area is 251 Å². The molecule has 0 aliphatic rings. The highest BCUT2D eigenvalue weighted by Crippen LogP contribution is 2.63. The maximum atomic E-state index is 11.7. The van der Waals surface area contributed by atoms with E-state index >= 15 is 0 Å². The van der Waals surface area contributed by atoms with Gasteiger partial charge in [0.05, 0.1) is 60.9 Å². The molecule has 2 aromatic carbocycles. The number of esters is 1. The van der Waals surface area contributed by atoms with E-state index in [2.05, 4.69) is 51.1 Å². The van der Waals surface area contributed by atoms with Crippen LogP contribution in [0.3, 0.4) is 0 Å². The van der Waals surface area contributed by atoms with Gasteiger partial charge in [-0.1, -0.05) is 70.4 Å². The van der Waals surface area contributed by atoms with Gasteiger partial charge in [-0.3, -0.25) is 4.55 Å². The first-order chi connectivity index (χ1) is 20.0. The Balaban J connectivity index is 0.000000422. The van der Waals surface area contributed by atoms with Crippen LogP contribution in [0, 0.1) is 0 Å². The monoisotopic (exact) mass is 626 g/mol. The predicted molar refractivity (Wildman–Crippen MR) is 165 cm³/mol. The van der Waals surface area contributed by atoms with Crippen molar-refractivity contribution in [1.82, 2.24) is 0 Å². The van der Waals surface area contributed by atoms with E-state index in [-0.39, 0.29) is 32.0 Å². The third kappa shape index (κ3) is 14.7. The highest BCUT2D eigenvalue weighted by Gasteiger charge is 2.35. The molecular weight excluding hydrogens is 579 g/mol. The molecule has 0 atom stereocenters. The lowest BCUT2D eigenvalue weighted by molar-refractivity contribution is -0.255. The van der Waals surface area contributed by atoms with Gasteiger partial charge < -0.3 is 24.5 Å². The van der Waals surface area contributed by atoms with Gasteiger partial charge in [0.15, 0.2) is 0 Å². The molecule has 2 rings (SSSR count). The molecule has 0 saturated heterocycles. The van der Waals surface area contributed by atoms with E-state index in [9.17, 15) is 23.1 Å². The quantitative estimate of drug-likeness (QED) is 0.0943. The first kappa shape index (κ1) is 37.7. The van der Waals surface area contributed by atoms with Gasteiger partial charge in [0, 0.05) is 7.26 Å². The average molecular weight is 627 g/mol. The molecule has 11 heteroatoms. The van der Waals surface area contributed by atoms with E-state index in [4.69, 9.17) is 19.1 Å². The molecule has 0 radical (unpaired) electrons. The number of unbranched alkanes of at least 4 members (excludes halogenated alkanes) is 3. The number of aromatic carboxylic acids is 1. The average Bonchev–Trinajstić information content (AvgIpc) is 2.97. The number of carbonyl (C=O) groups is 2. The van der Waals surface area contributed by atoms with Crippen molar-refractivity contribution in [3.8, 4) is 0 Å². The van der Waals surface area contributed by atoms with Gasteiger partial charge in [0.25, 0.3) is 10.1 Å². The summed E-state index contributed by atoms with van der Waals surface area (Å²) in [6, 6.07) is 13.6. The minimum Gasteiger partial charge on any atom is -0.545 e. The molecule has 0 aliphatic heterocycles. The molecule has 0 unspecified atom stereocenters. The Morgan fingerprint density at radius 1 is 0.833 bits per heavy atom. The molecule has 2 aromatic rings. The van der Waals surface area contributed by atoms with Crippen molar-refractivity contribution in [2.45, 2.75) is 70.4 Å². The van der Waals surface area contributed by atoms with E-state index in [0.717, 1.165) is 12.1 Å². The minimum absolute atomic E-state index is 0.00235. The predicted octanol–water partition coefficient (Wildman–Crippen LogP) is 5.07. The molecule has 42 heavy (non-hydrogen) atoms. The summed E-state index contributed by atoms with van der Waals surface area (Å²) >= 11 is 0. The summed E-state index contributed by atoms with van der Waals surface area (Å²) in [6.45, 7) is 6.71. The molecule has 0 heterocycles. The largest absolute Gasteiger partial charge is 0.545 e. The molecule has 0 aromatic heterocycles. The van der Waals surface area contributed by atoms with Crippen molar-refractivity contribution in [2.75, 3.05) is 44.9 Å². The highest BCUT2D eigenvalue weighted by molar-refractivity contribution is 7.85. The van der Waals surface area contributed by atoms with Crippen LogP contribution in [0.2, 0.25) is 0 Å². The van der Waals surface area contributed by atoms with Crippen molar-refractivity contribution in [2.24, 2.45) is 0 Å². The molecule has 0 fully saturated rings. The van der Waals surface area contributed by atoms with Crippen molar-refractivity contribution < 1.29 is 42.2 Å². The summed E-state index contributed by atoms with van der Waals surface area (Å²) in [5.41, 5.74) is 0.610. The first-order valence-electron chi connectivity index (χ1n) is 14.6. The fourth-order valence-corrected chi connectivity index (χ4v) is 10.1. The summed E-state index contributed by atoms with van der Waals surface area (Å²) in [5.74, 6) is -2.72. The highest BCUT2D eigenvalue weighted by atomic mass is 32.2. The SMILES string of the molecule is CCCC[P+](CCCC)(CCCC)Cc1ccccc1.O=C([O-])c1cc(C(=O)OCCOCCO)cc(S(=O)(=O)O)c1. The molecule has 0 amide bonds. The van der Waals surface area contributed by atoms with Crippen molar-refractivity contribution in [3.05, 3.63) is 65.2 Å². The van der Waals surface area contributed by atoms with Crippen LogP contribution in [0.5, 0.6) is 0 Å². The van der Waals surface area contributed by atoms with Crippen LogP contribution in [0.25, 0.3) is 0 Å². The van der Waals surface area contributed by atoms with Gasteiger partial charge in [0.2, 0.25) is 0 Å². The first-order valence-corrected chi connectivity index (χ1v) is 18.6. The number of aliphatic hydroxyl groups is 1. The maximum Gasteiger partial charge on any atom is 0.338 e. The Morgan fingerprint density at radius 3 is 1.86 bits per heavy atom. The van der Waals surface area contributed by atoms with Gasteiger partial charge in [-0.2, -0.15) is 8.42 Å². The van der Waals surface area contributed by atoms with Crippen molar-refractivity contribution in [1.29, 1.82) is 0 Å². The van der Waals surface area contributed by atoms with Crippen LogP contribution >= 0.6 is 7.26 Å². The number of carboxylic acids is 1. The van der Waals surface area contributed by atoms with Gasteiger partial charge in [-0.05, 0) is 48.6 Å². The zero-order chi connectivity index (χ0) is 31.4. The fraction of sp³-hybridized carbons (Fsp3) is 0.548. The lowest BCUT2D eigenvalue weighted by atomic mass is 10.1. The standard InChI is InChI=1S/C19H34P.C12H14O9S/c1-4-7-15-20(16-8-5-2,17-9-6-3)18-19-13-11-10-12-14-19;13-1-2-20-3-4-21-12(16)9-5-8(11(14)15)6-10(7-9)22(17,18)19/h10-14H,4-9,15-18H2,1-3H3;5-7,13H,1-4H2,(H,14,15)(H,17,18,19)/q+1;/p-1. The zero-order valence-electron chi connectivity index (χ0n) is 25.1. The number of benzene rings is 2. The molecule has 0 aliphatic carbocycles. The van der Waals surface area contributed by atoms with Gasteiger partial charge in [-0.25, -0.2) is 4.79 Å². The summed E-state index contributed by atoms with van der Waals surface area (Å²) in [7, 11) is -5.47. The molecule has 0 bridgehead atoms. The molecule has 236 valence electrons. The Kier molecular flexibility index (Phi) is 18.4. The Morgan fingerprint density at radius 2 is 1.38 bits per heavy atom. The molecule has 9 nitrogen and oxygen atoms in total. The topological polar surface area (TPSA) is 150 Å². The number of rotatable bonds is 19. The lowest BCUT2D eigenvalue weighted by Crippen LogP contribution is -2.23. The molecule has 0 spiro atoms. The zero-order valence-corrected chi connectivity index (χ0v) is 26.8. The third-order valence-electron chi connectivity index (χ3n) is 6.69. The summed E-state index contributed by atoms with van der Waals surface area (Å²) in [6.07, 6.45) is 14.4. The second-order valence-corrected chi connectivity index (χ2v) is 16.0. The molecule has 2 N–H and O–H groups in total. The Hall–Kier alpha value is -2.36. The van der Waals surface area contributed by atoms with Crippen molar-refractivity contribution in [3.63, 3.8) is 0 Å². The molecule has 0 saturated carbocycles. The number of aliphatic hydroxyl groups excluding tert-OH is 1. The van der Waals surface area contributed by atoms with Crippen LogP contribution in [0.15, 0.2) is 53.4 Å². The number of hydrogen-bond donors (Lipinski definition) is 2. The van der Waals surface area contributed by atoms with E-state index in [0.29, 0.717) is 6.07 Å². The lowest BCUT2D eigenvalue weighted by Gasteiger charge is -2.28. The van der Waals surface area contributed by atoms with Gasteiger partial charge in [0.1, 0.15) is 6.61 Å². The van der Waals surface area contributed by atoms with Crippen LogP contribution in [0.1, 0.15) is 85.6 Å². The maximum absolute atomic E-state index is 11.7. The van der Waals surface area contributed by atoms with Gasteiger partial charge >= 0.3 is 5.97 Å². The van der Waals surface area contributed by atoms with Crippen LogP contribution in [-0.2, 0) is 25.8 Å². The Bertz CT molecular complexity index is 1150. The van der Waals surface area contributed by atoms with E-state index in [1.165, 1.54) is 63.2 Å². The van der Waals surface area contributed by atoms with Gasteiger partial charge in [-0.15, -0.1) is 0 Å². The fourth-order valence-electron chi connectivity index (χ4n) is 4.45. The summed E-state index contributed by atoms with van der Waals surface area (Å²) in [5, 5.41) is 19.3. The van der Waals surface area contributed by atoms with E-state index in [1.54, 1.807) is 5.56 Å². The van der Waals surface area contributed by atoms with E-state index < -0.39 is 39.8 Å². The van der Waals surface area contributed by atoms with Crippen LogP contribution < -0.4 is 5.11 Å². The second kappa shape index (κ2) is 20.5. The number of hydrogen-bond acceptors (Lipinski definition) is 8. The number of carbonyl (C=O) groups excluding carboxylic acids is 2. The normalized spacial score (nSPS) is 11.5. The molecular formula is C31H47O9PS. The minimum atomic E-state index is -4.70. The van der Waals surface area contributed by atoms with Crippen LogP contribution in [-0.4, -0.2) is 74.9 Å². The summed E-state index contributed by atoms with van der Waals surface area (Å²) in [4.78, 5) is 21.8. The number of ether oxygens (including phenoxy) is 2. The second-order valence-electron chi connectivity index (χ2n) is 10.2. The van der Waals surface area contributed by atoms with Crippen molar-refractivity contribution >= 4 is 29.3 Å². The van der Waals surface area contributed by atoms with E-state index in [1.807, 2.05) is 0 Å². The third-order valence-corrected chi connectivity index (χ3v) is 12.4.